The topological polar surface area (TPSA) is 46.5 Å². The van der Waals surface area contributed by atoms with Crippen molar-refractivity contribution in [1.29, 1.82) is 0 Å². The van der Waals surface area contributed by atoms with E-state index in [9.17, 15) is 9.90 Å². The highest BCUT2D eigenvalue weighted by Gasteiger charge is 2.16. The molecule has 2 aromatic carbocycles. The predicted octanol–water partition coefficient (Wildman–Crippen LogP) is 3.94. The van der Waals surface area contributed by atoms with Crippen LogP contribution in [0.5, 0.6) is 5.75 Å². The number of aryl methyl sites for hydroxylation is 2. The maximum Gasteiger partial charge on any atom is 0.336 e. The van der Waals surface area contributed by atoms with Gasteiger partial charge in [0.05, 0.1) is 12.7 Å². The average Bonchev–Trinajstić information content (AvgIpc) is 2.46. The smallest absolute Gasteiger partial charge is 0.336 e. The van der Waals surface area contributed by atoms with E-state index in [4.69, 9.17) is 4.74 Å². The lowest BCUT2D eigenvalue weighted by Gasteiger charge is -2.11. The van der Waals surface area contributed by atoms with Crippen molar-refractivity contribution in [3.63, 3.8) is 0 Å². The van der Waals surface area contributed by atoms with Crippen LogP contribution in [0, 0.1) is 13.8 Å². The summed E-state index contributed by atoms with van der Waals surface area (Å²) >= 11 is 0. The van der Waals surface area contributed by atoms with Gasteiger partial charge in [-0.2, -0.15) is 0 Å². The van der Waals surface area contributed by atoms with Crippen LogP contribution in [0.4, 0.5) is 0 Å². The summed E-state index contributed by atoms with van der Waals surface area (Å²) in [5, 5.41) is 9.57. The number of carboxylic acids is 1. The Morgan fingerprint density at radius 2 is 1.86 bits per heavy atom. The Kier molecular flexibility index (Phi) is 4.43. The Labute approximate surface area is 124 Å². The Morgan fingerprint density at radius 1 is 1.14 bits per heavy atom. The normalized spacial score (nSPS) is 11.3. The van der Waals surface area contributed by atoms with Crippen LogP contribution >= 0.6 is 0 Å². The fourth-order valence-electron chi connectivity index (χ4n) is 2.19. The number of hydrogen-bond acceptors (Lipinski definition) is 2. The number of ether oxygens (including phenoxy) is 1. The maximum absolute atomic E-state index is 11.7. The monoisotopic (exact) mass is 282 g/mol. The lowest BCUT2D eigenvalue weighted by molar-refractivity contribution is -0.130. The molecule has 21 heavy (non-hydrogen) atoms. The Morgan fingerprint density at radius 3 is 2.48 bits per heavy atom. The van der Waals surface area contributed by atoms with Crippen LogP contribution in [0.25, 0.3) is 11.6 Å². The molecule has 0 aliphatic carbocycles. The quantitative estimate of drug-likeness (QED) is 0.682. The van der Waals surface area contributed by atoms with Gasteiger partial charge in [-0.25, -0.2) is 4.79 Å². The van der Waals surface area contributed by atoms with Crippen LogP contribution < -0.4 is 4.74 Å². The fourth-order valence-corrected chi connectivity index (χ4v) is 2.19. The molecule has 3 heteroatoms. The minimum Gasteiger partial charge on any atom is -0.496 e. The minimum atomic E-state index is -0.970. The molecule has 2 aromatic rings. The number of methoxy groups -OCH3 is 1. The summed E-state index contributed by atoms with van der Waals surface area (Å²) in [5.41, 5.74) is 3.72. The number of carbonyl (C=O) groups is 1. The summed E-state index contributed by atoms with van der Waals surface area (Å²) < 4.78 is 5.30. The average molecular weight is 282 g/mol. The van der Waals surface area contributed by atoms with Crippen molar-refractivity contribution >= 4 is 17.6 Å². The summed E-state index contributed by atoms with van der Waals surface area (Å²) in [5.74, 6) is -0.412. The van der Waals surface area contributed by atoms with Crippen molar-refractivity contribution in [2.75, 3.05) is 7.11 Å². The first-order valence-corrected chi connectivity index (χ1v) is 6.68. The van der Waals surface area contributed by atoms with Gasteiger partial charge in [0.1, 0.15) is 5.75 Å². The first-order chi connectivity index (χ1) is 10.0. The molecule has 0 fully saturated rings. The largest absolute Gasteiger partial charge is 0.496 e. The van der Waals surface area contributed by atoms with Crippen molar-refractivity contribution in [3.8, 4) is 5.75 Å². The van der Waals surface area contributed by atoms with Gasteiger partial charge in [-0.15, -0.1) is 0 Å². The molecular formula is C18H18O3. The molecule has 108 valence electrons. The Bertz CT molecular complexity index is 699. The van der Waals surface area contributed by atoms with E-state index in [1.54, 1.807) is 19.3 Å². The van der Waals surface area contributed by atoms with Gasteiger partial charge in [-0.1, -0.05) is 35.9 Å². The number of hydrogen-bond donors (Lipinski definition) is 1. The van der Waals surface area contributed by atoms with Crippen LogP contribution in [-0.4, -0.2) is 18.2 Å². The molecular weight excluding hydrogens is 264 g/mol. The number of aliphatic carboxylic acids is 1. The number of carboxylic acid groups (broad SMARTS) is 1. The number of benzene rings is 2. The third-order valence-corrected chi connectivity index (χ3v) is 3.36. The standard InChI is InChI=1S/C18H18O3/c1-12-8-9-17(21-3)15(10-12)16(18(19)20)11-14-7-5-4-6-13(14)2/h4-11H,1-3H3,(H,19,20)/b16-11-. The molecule has 0 aliphatic heterocycles. The summed E-state index contributed by atoms with van der Waals surface area (Å²) in [4.78, 5) is 11.7. The third-order valence-electron chi connectivity index (χ3n) is 3.36. The Hall–Kier alpha value is -2.55. The van der Waals surface area contributed by atoms with Crippen molar-refractivity contribution in [3.05, 3.63) is 64.7 Å². The van der Waals surface area contributed by atoms with E-state index in [2.05, 4.69) is 0 Å². The summed E-state index contributed by atoms with van der Waals surface area (Å²) in [6.07, 6.45) is 1.69. The molecule has 0 unspecified atom stereocenters. The van der Waals surface area contributed by atoms with Gasteiger partial charge >= 0.3 is 5.97 Å². The van der Waals surface area contributed by atoms with E-state index in [1.807, 2.05) is 50.2 Å². The van der Waals surface area contributed by atoms with E-state index in [0.717, 1.165) is 16.7 Å². The zero-order chi connectivity index (χ0) is 15.4. The van der Waals surface area contributed by atoms with Gasteiger partial charge in [0.15, 0.2) is 0 Å². The zero-order valence-electron chi connectivity index (χ0n) is 12.4. The van der Waals surface area contributed by atoms with Gasteiger partial charge < -0.3 is 9.84 Å². The molecule has 0 saturated carbocycles. The van der Waals surface area contributed by atoms with E-state index in [0.29, 0.717) is 11.3 Å². The first-order valence-electron chi connectivity index (χ1n) is 6.68. The van der Waals surface area contributed by atoms with E-state index in [1.165, 1.54) is 0 Å². The fraction of sp³-hybridized carbons (Fsp3) is 0.167. The molecule has 0 saturated heterocycles. The molecule has 0 spiro atoms. The number of rotatable bonds is 4. The van der Waals surface area contributed by atoms with Crippen molar-refractivity contribution in [1.82, 2.24) is 0 Å². The second-order valence-corrected chi connectivity index (χ2v) is 4.92. The van der Waals surface area contributed by atoms with Crippen molar-refractivity contribution in [2.24, 2.45) is 0 Å². The Balaban J connectivity index is 2.63. The van der Waals surface area contributed by atoms with Crippen LogP contribution in [-0.2, 0) is 4.79 Å². The molecule has 0 heterocycles. The highest BCUT2D eigenvalue weighted by Crippen LogP contribution is 2.29. The SMILES string of the molecule is COc1ccc(C)cc1/C(=C/c1ccccc1C)C(=O)O. The zero-order valence-corrected chi connectivity index (χ0v) is 12.4. The van der Waals surface area contributed by atoms with Gasteiger partial charge in [-0.3, -0.25) is 0 Å². The molecule has 2 rings (SSSR count). The van der Waals surface area contributed by atoms with Gasteiger partial charge in [0, 0.05) is 5.56 Å². The highest BCUT2D eigenvalue weighted by atomic mass is 16.5. The summed E-state index contributed by atoms with van der Waals surface area (Å²) in [6.45, 7) is 3.88. The molecule has 1 N–H and O–H groups in total. The van der Waals surface area contributed by atoms with Gasteiger partial charge in [0.25, 0.3) is 0 Å². The van der Waals surface area contributed by atoms with E-state index >= 15 is 0 Å². The van der Waals surface area contributed by atoms with Crippen molar-refractivity contribution in [2.45, 2.75) is 13.8 Å². The first kappa shape index (κ1) is 14.9. The molecule has 3 nitrogen and oxygen atoms in total. The molecule has 0 aliphatic rings. The van der Waals surface area contributed by atoms with Gasteiger partial charge in [-0.05, 0) is 43.2 Å². The molecule has 0 radical (unpaired) electrons. The van der Waals surface area contributed by atoms with Crippen LogP contribution in [0.15, 0.2) is 42.5 Å². The van der Waals surface area contributed by atoms with E-state index in [-0.39, 0.29) is 5.57 Å². The second kappa shape index (κ2) is 6.27. The molecule has 0 bridgehead atoms. The molecule has 0 amide bonds. The highest BCUT2D eigenvalue weighted by molar-refractivity contribution is 6.21. The predicted molar refractivity (Wildman–Crippen MR) is 84.4 cm³/mol. The van der Waals surface area contributed by atoms with E-state index < -0.39 is 5.97 Å². The lowest BCUT2D eigenvalue weighted by atomic mass is 9.98. The maximum atomic E-state index is 11.7. The molecule has 0 aromatic heterocycles. The van der Waals surface area contributed by atoms with Crippen molar-refractivity contribution < 1.29 is 14.6 Å². The van der Waals surface area contributed by atoms with Crippen LogP contribution in [0.2, 0.25) is 0 Å². The third kappa shape index (κ3) is 3.31. The summed E-state index contributed by atoms with van der Waals surface area (Å²) in [6, 6.07) is 13.2. The van der Waals surface area contributed by atoms with Gasteiger partial charge in [0.2, 0.25) is 0 Å². The summed E-state index contributed by atoms with van der Waals surface area (Å²) in [7, 11) is 1.54. The van der Waals surface area contributed by atoms with Crippen LogP contribution in [0.3, 0.4) is 0 Å². The molecule has 0 atom stereocenters. The van der Waals surface area contributed by atoms with Crippen LogP contribution in [0.1, 0.15) is 22.3 Å². The minimum absolute atomic E-state index is 0.227. The lowest BCUT2D eigenvalue weighted by Crippen LogP contribution is -2.02. The second-order valence-electron chi connectivity index (χ2n) is 4.92.